The molecule has 0 radical (unpaired) electrons. The van der Waals surface area contributed by atoms with Crippen LogP contribution in [0.4, 0.5) is 11.6 Å². The van der Waals surface area contributed by atoms with Crippen molar-refractivity contribution < 1.29 is 9.66 Å². The first kappa shape index (κ1) is 18.2. The predicted molar refractivity (Wildman–Crippen MR) is 111 cm³/mol. The van der Waals surface area contributed by atoms with Crippen LogP contribution in [0.5, 0.6) is 5.75 Å². The van der Waals surface area contributed by atoms with Gasteiger partial charge in [-0.05, 0) is 47.5 Å². The molecule has 8 nitrogen and oxygen atoms in total. The van der Waals surface area contributed by atoms with Crippen molar-refractivity contribution in [2.45, 2.75) is 6.61 Å². The lowest BCUT2D eigenvalue weighted by Gasteiger charge is -2.07. The molecule has 0 atom stereocenters. The highest BCUT2D eigenvalue weighted by Gasteiger charge is 2.04. The molecule has 0 aliphatic rings. The molecule has 1 heterocycles. The summed E-state index contributed by atoms with van der Waals surface area (Å²) in [6.45, 7) is 0.315. The highest BCUT2D eigenvalue weighted by atomic mass is 16.6. The molecule has 0 amide bonds. The fourth-order valence-corrected chi connectivity index (χ4v) is 2.74. The van der Waals surface area contributed by atoms with Crippen molar-refractivity contribution in [3.63, 3.8) is 0 Å². The quantitative estimate of drug-likeness (QED) is 0.276. The Morgan fingerprint density at radius 3 is 2.72 bits per heavy atom. The average Bonchev–Trinajstić information content (AvgIpc) is 3.16. The first-order chi connectivity index (χ1) is 14.2. The summed E-state index contributed by atoms with van der Waals surface area (Å²) in [6.07, 6.45) is 1.67. The molecule has 8 heteroatoms. The Morgan fingerprint density at radius 2 is 1.93 bits per heavy atom. The maximum atomic E-state index is 10.7. The first-order valence-electron chi connectivity index (χ1n) is 8.87. The van der Waals surface area contributed by atoms with E-state index >= 15 is 0 Å². The number of nitro benzene ring substituents is 1. The summed E-state index contributed by atoms with van der Waals surface area (Å²) in [6, 6.07) is 21.5. The Labute approximate surface area is 166 Å². The first-order valence-corrected chi connectivity index (χ1v) is 8.87. The molecule has 1 aromatic heterocycles. The minimum Gasteiger partial charge on any atom is -0.489 e. The van der Waals surface area contributed by atoms with Crippen LogP contribution >= 0.6 is 0 Å². The van der Waals surface area contributed by atoms with E-state index in [1.807, 2.05) is 48.5 Å². The van der Waals surface area contributed by atoms with Crippen LogP contribution in [0.3, 0.4) is 0 Å². The van der Waals surface area contributed by atoms with Gasteiger partial charge in [-0.3, -0.25) is 10.1 Å². The number of benzene rings is 3. The molecule has 29 heavy (non-hydrogen) atoms. The predicted octanol–water partition coefficient (Wildman–Crippen LogP) is 4.50. The molecule has 0 aliphatic carbocycles. The molecule has 0 saturated heterocycles. The SMILES string of the molecule is O=[N+]([O-])c1ccc(COc2cccc(/C=N\Nc3nc4ccccc4[nH]3)c2)cc1. The lowest BCUT2D eigenvalue weighted by Crippen LogP contribution is -1.97. The number of aromatic nitrogens is 2. The minimum atomic E-state index is -0.424. The fraction of sp³-hybridized carbons (Fsp3) is 0.0476. The van der Waals surface area contributed by atoms with E-state index in [-0.39, 0.29) is 5.69 Å². The number of hydrazone groups is 1. The molecule has 0 unspecified atom stereocenters. The third kappa shape index (κ3) is 4.56. The maximum Gasteiger partial charge on any atom is 0.269 e. The van der Waals surface area contributed by atoms with Crippen LogP contribution in [-0.2, 0) is 6.61 Å². The van der Waals surface area contributed by atoms with Crippen LogP contribution in [0.2, 0.25) is 0 Å². The van der Waals surface area contributed by atoms with E-state index in [1.54, 1.807) is 18.3 Å². The molecular formula is C21H17N5O3. The number of ether oxygens (including phenoxy) is 1. The minimum absolute atomic E-state index is 0.0592. The van der Waals surface area contributed by atoms with Gasteiger partial charge < -0.3 is 9.72 Å². The fourth-order valence-electron chi connectivity index (χ4n) is 2.74. The van der Waals surface area contributed by atoms with Crippen molar-refractivity contribution in [2.75, 3.05) is 5.43 Å². The number of aromatic amines is 1. The van der Waals surface area contributed by atoms with Gasteiger partial charge in [0, 0.05) is 12.1 Å². The molecule has 0 saturated carbocycles. The van der Waals surface area contributed by atoms with E-state index in [1.165, 1.54) is 12.1 Å². The van der Waals surface area contributed by atoms with Crippen molar-refractivity contribution >= 4 is 28.9 Å². The van der Waals surface area contributed by atoms with E-state index in [0.717, 1.165) is 22.2 Å². The Balaban J connectivity index is 1.36. The highest BCUT2D eigenvalue weighted by molar-refractivity contribution is 5.81. The van der Waals surface area contributed by atoms with Crippen LogP contribution < -0.4 is 10.2 Å². The second kappa shape index (κ2) is 8.22. The molecule has 4 rings (SSSR count). The molecule has 0 spiro atoms. The zero-order chi connectivity index (χ0) is 20.1. The number of nitrogens with one attached hydrogen (secondary N) is 2. The van der Waals surface area contributed by atoms with E-state index in [2.05, 4.69) is 20.5 Å². The van der Waals surface area contributed by atoms with E-state index in [4.69, 9.17) is 4.74 Å². The van der Waals surface area contributed by atoms with Crippen LogP contribution in [-0.4, -0.2) is 21.1 Å². The van der Waals surface area contributed by atoms with Gasteiger partial charge in [-0.25, -0.2) is 10.4 Å². The number of para-hydroxylation sites is 2. The van der Waals surface area contributed by atoms with Crippen molar-refractivity contribution in [1.29, 1.82) is 0 Å². The van der Waals surface area contributed by atoms with Gasteiger partial charge in [-0.15, -0.1) is 0 Å². The third-order valence-electron chi connectivity index (χ3n) is 4.18. The van der Waals surface area contributed by atoms with Crippen LogP contribution in [0.25, 0.3) is 11.0 Å². The molecule has 0 fully saturated rings. The van der Waals surface area contributed by atoms with Crippen molar-refractivity contribution in [2.24, 2.45) is 5.10 Å². The largest absolute Gasteiger partial charge is 0.489 e. The summed E-state index contributed by atoms with van der Waals surface area (Å²) >= 11 is 0. The molecular weight excluding hydrogens is 370 g/mol. The van der Waals surface area contributed by atoms with Gasteiger partial charge in [-0.1, -0.05) is 24.3 Å². The van der Waals surface area contributed by atoms with Gasteiger partial charge >= 0.3 is 0 Å². The Hall–Kier alpha value is -4.20. The van der Waals surface area contributed by atoms with Gasteiger partial charge in [0.25, 0.3) is 5.69 Å². The smallest absolute Gasteiger partial charge is 0.269 e. The second-order valence-corrected chi connectivity index (χ2v) is 6.26. The van der Waals surface area contributed by atoms with Crippen molar-refractivity contribution in [3.05, 3.63) is 94.0 Å². The molecule has 0 bridgehead atoms. The lowest BCUT2D eigenvalue weighted by molar-refractivity contribution is -0.384. The average molecular weight is 387 g/mol. The summed E-state index contributed by atoms with van der Waals surface area (Å²) in [5.74, 6) is 1.24. The molecule has 0 aliphatic heterocycles. The number of nitro groups is 1. The summed E-state index contributed by atoms with van der Waals surface area (Å²) in [5.41, 5.74) is 6.45. The topological polar surface area (TPSA) is 105 Å². The van der Waals surface area contributed by atoms with Crippen LogP contribution in [0.1, 0.15) is 11.1 Å². The van der Waals surface area contributed by atoms with Crippen LogP contribution in [0, 0.1) is 10.1 Å². The highest BCUT2D eigenvalue weighted by Crippen LogP contribution is 2.17. The maximum absolute atomic E-state index is 10.7. The van der Waals surface area contributed by atoms with Crippen molar-refractivity contribution in [3.8, 4) is 5.75 Å². The van der Waals surface area contributed by atoms with Gasteiger partial charge in [0.2, 0.25) is 5.95 Å². The number of nitrogens with zero attached hydrogens (tertiary/aromatic N) is 3. The monoisotopic (exact) mass is 387 g/mol. The van der Waals surface area contributed by atoms with E-state index in [0.29, 0.717) is 18.3 Å². The number of rotatable bonds is 7. The summed E-state index contributed by atoms with van der Waals surface area (Å²) in [4.78, 5) is 17.8. The number of fused-ring (bicyclic) bond motifs is 1. The number of imidazole rings is 1. The normalized spacial score (nSPS) is 11.0. The molecule has 144 valence electrons. The van der Waals surface area contributed by atoms with Gasteiger partial charge in [0.1, 0.15) is 12.4 Å². The van der Waals surface area contributed by atoms with Crippen molar-refractivity contribution in [1.82, 2.24) is 9.97 Å². The number of hydrogen-bond donors (Lipinski definition) is 2. The Morgan fingerprint density at radius 1 is 1.10 bits per heavy atom. The number of H-pyrrole nitrogens is 1. The summed E-state index contributed by atoms with van der Waals surface area (Å²) in [5, 5.41) is 14.9. The number of non-ortho nitro benzene ring substituents is 1. The number of anilines is 1. The van der Waals surface area contributed by atoms with Crippen LogP contribution in [0.15, 0.2) is 77.9 Å². The lowest BCUT2D eigenvalue weighted by atomic mass is 10.2. The zero-order valence-corrected chi connectivity index (χ0v) is 15.3. The molecule has 3 aromatic carbocycles. The van der Waals surface area contributed by atoms with Gasteiger partial charge in [0.05, 0.1) is 22.2 Å². The van der Waals surface area contributed by atoms with E-state index in [9.17, 15) is 10.1 Å². The van der Waals surface area contributed by atoms with Gasteiger partial charge in [0.15, 0.2) is 0 Å². The number of hydrogen-bond acceptors (Lipinski definition) is 6. The third-order valence-corrected chi connectivity index (χ3v) is 4.18. The molecule has 4 aromatic rings. The van der Waals surface area contributed by atoms with E-state index < -0.39 is 4.92 Å². The summed E-state index contributed by atoms with van der Waals surface area (Å²) < 4.78 is 5.77. The zero-order valence-electron chi connectivity index (χ0n) is 15.3. The van der Waals surface area contributed by atoms with Gasteiger partial charge in [-0.2, -0.15) is 5.10 Å². The Bertz CT molecular complexity index is 1140. The Kier molecular flexibility index (Phi) is 5.15. The summed E-state index contributed by atoms with van der Waals surface area (Å²) in [7, 11) is 0. The second-order valence-electron chi connectivity index (χ2n) is 6.26. The molecule has 2 N–H and O–H groups in total. The standard InChI is InChI=1S/C21H17N5O3/c27-26(28)17-10-8-15(9-11-17)14-29-18-5-3-4-16(12-18)13-22-25-21-23-19-6-1-2-7-20(19)24-21/h1-13H,14H2,(H2,23,24,25)/b22-13-.